The molecule has 0 aromatic heterocycles. The van der Waals surface area contributed by atoms with Crippen LogP contribution in [0.4, 0.5) is 0 Å². The van der Waals surface area contributed by atoms with Crippen LogP contribution in [-0.2, 0) is 11.2 Å². The van der Waals surface area contributed by atoms with Crippen LogP contribution in [0.2, 0.25) is 0 Å². The minimum atomic E-state index is -0.585. The van der Waals surface area contributed by atoms with Gasteiger partial charge in [0.1, 0.15) is 11.9 Å². The topological polar surface area (TPSA) is 70.0 Å². The van der Waals surface area contributed by atoms with Gasteiger partial charge in [-0.2, -0.15) is 0 Å². The fourth-order valence-corrected chi connectivity index (χ4v) is 5.71. The van der Waals surface area contributed by atoms with Gasteiger partial charge in [-0.3, -0.25) is 4.79 Å². The van der Waals surface area contributed by atoms with E-state index in [1.807, 2.05) is 30.9 Å². The molecule has 1 aromatic rings. The number of carbonyl (C=O) groups is 1. The lowest BCUT2D eigenvalue weighted by Crippen LogP contribution is -2.35. The number of amides is 1. The Morgan fingerprint density at radius 3 is 2.85 bits per heavy atom. The van der Waals surface area contributed by atoms with E-state index in [9.17, 15) is 15.0 Å². The number of aryl methyl sites for hydroxylation is 1. The van der Waals surface area contributed by atoms with E-state index < -0.39 is 12.2 Å². The van der Waals surface area contributed by atoms with E-state index in [2.05, 4.69) is 30.0 Å². The van der Waals surface area contributed by atoms with Gasteiger partial charge in [0.25, 0.3) is 0 Å². The molecule has 1 saturated carbocycles. The summed E-state index contributed by atoms with van der Waals surface area (Å²) < 4.78 is 6.37. The number of aliphatic hydroxyl groups is 2. The van der Waals surface area contributed by atoms with E-state index in [0.717, 1.165) is 55.6 Å². The maximum Gasteiger partial charge on any atom is 0.222 e. The fourth-order valence-electron chi connectivity index (χ4n) is 5.71. The van der Waals surface area contributed by atoms with Crippen LogP contribution < -0.4 is 4.74 Å². The Morgan fingerprint density at radius 2 is 2.09 bits per heavy atom. The van der Waals surface area contributed by atoms with Crippen LogP contribution in [0.1, 0.15) is 75.8 Å². The summed E-state index contributed by atoms with van der Waals surface area (Å²) in [5.41, 5.74) is 2.30. The van der Waals surface area contributed by atoms with Gasteiger partial charge in [-0.15, -0.1) is 11.8 Å². The highest BCUT2D eigenvalue weighted by atomic mass is 16.5. The molecule has 4 rings (SSSR count). The molecule has 1 aliphatic carbocycles. The molecule has 2 N–H and O–H groups in total. The van der Waals surface area contributed by atoms with Crippen molar-refractivity contribution in [2.45, 2.75) is 89.4 Å². The van der Waals surface area contributed by atoms with Crippen molar-refractivity contribution in [1.82, 2.24) is 4.90 Å². The Hall–Kier alpha value is -2.29. The Labute approximate surface area is 204 Å². The number of carbonyl (C=O) groups excluding carboxylic acids is 1. The van der Waals surface area contributed by atoms with Crippen molar-refractivity contribution in [3.05, 3.63) is 41.5 Å². The molecular weight excluding hydrogens is 426 g/mol. The summed E-state index contributed by atoms with van der Waals surface area (Å²) in [5.74, 6) is 7.18. The first-order chi connectivity index (χ1) is 16.5. The highest BCUT2D eigenvalue weighted by Crippen LogP contribution is 2.52. The molecule has 5 heteroatoms. The molecule has 2 fully saturated rings. The lowest BCUT2D eigenvalue weighted by atomic mass is 9.86. The van der Waals surface area contributed by atoms with Crippen molar-refractivity contribution < 1.29 is 19.7 Å². The van der Waals surface area contributed by atoms with Gasteiger partial charge in [0, 0.05) is 49.8 Å². The third-order valence-electron chi connectivity index (χ3n) is 7.75. The quantitative estimate of drug-likeness (QED) is 0.446. The Balaban J connectivity index is 1.40. The molecule has 0 radical (unpaired) electrons. The number of piperidine rings is 1. The number of ether oxygens (including phenoxy) is 1. The maximum absolute atomic E-state index is 12.5. The number of para-hydroxylation sites is 1. The van der Waals surface area contributed by atoms with E-state index in [-0.39, 0.29) is 29.8 Å². The summed E-state index contributed by atoms with van der Waals surface area (Å²) in [6.45, 7) is 5.61. The van der Waals surface area contributed by atoms with Gasteiger partial charge in [-0.1, -0.05) is 37.3 Å². The van der Waals surface area contributed by atoms with Crippen LogP contribution >= 0.6 is 0 Å². The summed E-state index contributed by atoms with van der Waals surface area (Å²) in [6, 6.07) is 6.28. The average Bonchev–Trinajstić information content (AvgIpc) is 3.36. The summed E-state index contributed by atoms with van der Waals surface area (Å²) in [7, 11) is 0. The Morgan fingerprint density at radius 1 is 1.29 bits per heavy atom. The van der Waals surface area contributed by atoms with Crippen molar-refractivity contribution in [1.29, 1.82) is 0 Å². The van der Waals surface area contributed by atoms with Crippen LogP contribution in [0.15, 0.2) is 30.4 Å². The SMILES string of the molecule is CC#CC[C@H](C)[C@@H](O)/C=C/[C@@H]1[C@H]2c3cccc(CCCC(=O)N4CCCCC4)c3O[C@H]2C[C@H]1O. The summed E-state index contributed by atoms with van der Waals surface area (Å²) >= 11 is 0. The molecule has 2 aliphatic heterocycles. The van der Waals surface area contributed by atoms with Gasteiger partial charge in [0.15, 0.2) is 0 Å². The van der Waals surface area contributed by atoms with E-state index in [4.69, 9.17) is 4.74 Å². The molecule has 34 heavy (non-hydrogen) atoms. The van der Waals surface area contributed by atoms with E-state index in [1.165, 1.54) is 6.42 Å². The number of hydrogen-bond donors (Lipinski definition) is 2. The summed E-state index contributed by atoms with van der Waals surface area (Å²) in [4.78, 5) is 14.5. The molecule has 1 saturated heterocycles. The largest absolute Gasteiger partial charge is 0.489 e. The van der Waals surface area contributed by atoms with Crippen LogP contribution in [0.5, 0.6) is 5.75 Å². The molecule has 1 aromatic carbocycles. The highest BCUT2D eigenvalue weighted by molar-refractivity contribution is 5.76. The smallest absolute Gasteiger partial charge is 0.222 e. The zero-order valence-electron chi connectivity index (χ0n) is 20.6. The van der Waals surface area contributed by atoms with Gasteiger partial charge in [-0.25, -0.2) is 0 Å². The number of fused-ring (bicyclic) bond motifs is 3. The fraction of sp³-hybridized carbons (Fsp3) is 0.621. The van der Waals surface area contributed by atoms with Crippen LogP contribution in [0.3, 0.4) is 0 Å². The lowest BCUT2D eigenvalue weighted by molar-refractivity contribution is -0.132. The summed E-state index contributed by atoms with van der Waals surface area (Å²) in [6.07, 6.45) is 9.64. The standard InChI is InChI=1S/C29H39NO4/c1-3-4-10-20(2)24(31)16-15-22-25(32)19-26-28(22)23-13-8-11-21(29(23)34-26)12-9-14-27(33)30-17-6-5-7-18-30/h8,11,13,15-16,20,22,24-26,28,31-32H,5-7,9-10,12,14,17-19H2,1-2H3/b16-15+/t20-,22-,24-,25+,26-,28-/m0/s1. The number of likely N-dealkylation sites (tertiary alicyclic amines) is 1. The van der Waals surface area contributed by atoms with Gasteiger partial charge in [0.05, 0.1) is 12.2 Å². The molecule has 1 amide bonds. The van der Waals surface area contributed by atoms with E-state index in [0.29, 0.717) is 19.3 Å². The number of hydrogen-bond acceptors (Lipinski definition) is 4. The van der Waals surface area contributed by atoms with E-state index >= 15 is 0 Å². The Kier molecular flexibility index (Phi) is 8.34. The third kappa shape index (κ3) is 5.50. The molecule has 184 valence electrons. The molecule has 0 bridgehead atoms. The van der Waals surface area contributed by atoms with Crippen LogP contribution in [0, 0.1) is 23.7 Å². The molecule has 0 spiro atoms. The molecule has 3 aliphatic rings. The van der Waals surface area contributed by atoms with Crippen molar-refractivity contribution in [2.75, 3.05) is 13.1 Å². The van der Waals surface area contributed by atoms with Gasteiger partial charge in [0.2, 0.25) is 5.91 Å². The second-order valence-corrected chi connectivity index (χ2v) is 10.2. The first-order valence-corrected chi connectivity index (χ1v) is 13.0. The Bertz CT molecular complexity index is 939. The molecule has 5 nitrogen and oxygen atoms in total. The monoisotopic (exact) mass is 465 g/mol. The predicted octanol–water partition coefficient (Wildman–Crippen LogP) is 4.21. The van der Waals surface area contributed by atoms with Crippen molar-refractivity contribution in [2.24, 2.45) is 11.8 Å². The lowest BCUT2D eigenvalue weighted by Gasteiger charge is -2.26. The molecule has 6 atom stereocenters. The normalized spacial score (nSPS) is 27.5. The number of benzene rings is 1. The predicted molar refractivity (Wildman–Crippen MR) is 133 cm³/mol. The molecule has 2 heterocycles. The molecular formula is C29H39NO4. The molecule has 0 unspecified atom stereocenters. The van der Waals surface area contributed by atoms with Gasteiger partial charge in [-0.05, 0) is 50.5 Å². The maximum atomic E-state index is 12.5. The van der Waals surface area contributed by atoms with Gasteiger partial charge >= 0.3 is 0 Å². The average molecular weight is 466 g/mol. The number of nitrogens with zero attached hydrogens (tertiary/aromatic N) is 1. The van der Waals surface area contributed by atoms with E-state index in [1.54, 1.807) is 0 Å². The highest BCUT2D eigenvalue weighted by Gasteiger charge is 2.48. The summed E-state index contributed by atoms with van der Waals surface area (Å²) in [5, 5.41) is 21.2. The van der Waals surface area contributed by atoms with Gasteiger partial charge < -0.3 is 19.8 Å². The third-order valence-corrected chi connectivity index (χ3v) is 7.75. The second kappa shape index (κ2) is 11.4. The first kappa shape index (κ1) is 24.8. The minimum Gasteiger partial charge on any atom is -0.489 e. The van der Waals surface area contributed by atoms with Crippen molar-refractivity contribution in [3.8, 4) is 17.6 Å². The van der Waals surface area contributed by atoms with Crippen LogP contribution in [-0.4, -0.2) is 52.4 Å². The number of rotatable bonds is 8. The zero-order valence-corrected chi connectivity index (χ0v) is 20.6. The zero-order chi connectivity index (χ0) is 24.1. The first-order valence-electron chi connectivity index (χ1n) is 13.0. The minimum absolute atomic E-state index is 0.0451. The van der Waals surface area contributed by atoms with Crippen LogP contribution in [0.25, 0.3) is 0 Å². The van der Waals surface area contributed by atoms with Crippen molar-refractivity contribution >= 4 is 5.91 Å². The second-order valence-electron chi connectivity index (χ2n) is 10.2. The number of aliphatic hydroxyl groups excluding tert-OH is 2. The van der Waals surface area contributed by atoms with Crippen molar-refractivity contribution in [3.63, 3.8) is 0 Å².